The van der Waals surface area contributed by atoms with Crippen LogP contribution >= 0.6 is 15.9 Å². The molecule has 1 aliphatic carbocycles. The maximum atomic E-state index is 11.9. The molecule has 1 fully saturated rings. The van der Waals surface area contributed by atoms with Crippen molar-refractivity contribution in [3.63, 3.8) is 0 Å². The first-order valence-corrected chi connectivity index (χ1v) is 7.76. The van der Waals surface area contributed by atoms with Gasteiger partial charge in [0.05, 0.1) is 10.7 Å². The van der Waals surface area contributed by atoms with Crippen LogP contribution in [0.2, 0.25) is 0 Å². The second kappa shape index (κ2) is 7.47. The van der Waals surface area contributed by atoms with Gasteiger partial charge in [0, 0.05) is 19.0 Å². The van der Waals surface area contributed by atoms with Gasteiger partial charge in [0.2, 0.25) is 11.7 Å². The van der Waals surface area contributed by atoms with E-state index in [9.17, 15) is 9.59 Å². The minimum absolute atomic E-state index is 0.109. The first-order valence-electron chi connectivity index (χ1n) is 6.97. The fourth-order valence-corrected chi connectivity index (χ4v) is 2.79. The predicted molar refractivity (Wildman–Crippen MR) is 78.3 cm³/mol. The zero-order chi connectivity index (χ0) is 14.4. The van der Waals surface area contributed by atoms with Crippen molar-refractivity contribution in [1.82, 2.24) is 10.6 Å². The summed E-state index contributed by atoms with van der Waals surface area (Å²) in [6.45, 7) is 0.837. The van der Waals surface area contributed by atoms with E-state index in [-0.39, 0.29) is 23.5 Å². The van der Waals surface area contributed by atoms with Crippen LogP contribution in [-0.4, -0.2) is 24.9 Å². The van der Waals surface area contributed by atoms with Crippen molar-refractivity contribution in [3.8, 4) is 0 Å². The Morgan fingerprint density at radius 2 is 1.90 bits per heavy atom. The van der Waals surface area contributed by atoms with Crippen molar-refractivity contribution in [2.24, 2.45) is 5.92 Å². The Labute approximate surface area is 126 Å². The molecule has 0 aromatic carbocycles. The average molecular weight is 343 g/mol. The highest BCUT2D eigenvalue weighted by molar-refractivity contribution is 9.10. The fraction of sp³-hybridized carbons (Fsp3) is 0.571. The second-order valence-electron chi connectivity index (χ2n) is 4.98. The van der Waals surface area contributed by atoms with Gasteiger partial charge < -0.3 is 15.1 Å². The topological polar surface area (TPSA) is 71.3 Å². The summed E-state index contributed by atoms with van der Waals surface area (Å²) >= 11 is 3.23. The highest BCUT2D eigenvalue weighted by Gasteiger charge is 2.20. The van der Waals surface area contributed by atoms with Gasteiger partial charge in [-0.05, 0) is 34.8 Å². The molecule has 0 atom stereocenters. The molecule has 6 heteroatoms. The molecular weight excluding hydrogens is 324 g/mol. The summed E-state index contributed by atoms with van der Waals surface area (Å²) in [4.78, 5) is 23.6. The van der Waals surface area contributed by atoms with E-state index >= 15 is 0 Å². The number of nitrogens with one attached hydrogen (secondary N) is 2. The third kappa shape index (κ3) is 4.10. The predicted octanol–water partition coefficient (Wildman–Crippen LogP) is 2.47. The second-order valence-corrected chi connectivity index (χ2v) is 5.83. The highest BCUT2D eigenvalue weighted by atomic mass is 79.9. The van der Waals surface area contributed by atoms with E-state index in [1.54, 1.807) is 6.07 Å². The van der Waals surface area contributed by atoms with Crippen molar-refractivity contribution in [3.05, 3.63) is 22.6 Å². The molecule has 1 aromatic rings. The molecular formula is C14H19BrN2O3. The van der Waals surface area contributed by atoms with Gasteiger partial charge in [-0.2, -0.15) is 0 Å². The maximum absolute atomic E-state index is 11.9. The van der Waals surface area contributed by atoms with E-state index in [1.165, 1.54) is 12.7 Å². The molecule has 0 aliphatic heterocycles. The van der Waals surface area contributed by atoms with E-state index in [4.69, 9.17) is 4.42 Å². The van der Waals surface area contributed by atoms with Crippen molar-refractivity contribution in [1.29, 1.82) is 0 Å². The van der Waals surface area contributed by atoms with Crippen molar-refractivity contribution in [2.75, 3.05) is 13.1 Å². The zero-order valence-corrected chi connectivity index (χ0v) is 12.9. The van der Waals surface area contributed by atoms with Crippen LogP contribution in [0.4, 0.5) is 0 Å². The van der Waals surface area contributed by atoms with Crippen LogP contribution in [0.5, 0.6) is 0 Å². The summed E-state index contributed by atoms with van der Waals surface area (Å²) in [5.41, 5.74) is 0. The number of rotatable bonds is 5. The minimum atomic E-state index is -0.284. The summed E-state index contributed by atoms with van der Waals surface area (Å²) in [5, 5.41) is 5.58. The van der Waals surface area contributed by atoms with Gasteiger partial charge in [0.15, 0.2) is 0 Å². The molecule has 110 valence electrons. The van der Waals surface area contributed by atoms with Gasteiger partial charge in [-0.25, -0.2) is 0 Å². The van der Waals surface area contributed by atoms with E-state index in [1.807, 2.05) is 0 Å². The van der Waals surface area contributed by atoms with Crippen molar-refractivity contribution in [2.45, 2.75) is 32.1 Å². The molecule has 0 radical (unpaired) electrons. The average Bonchev–Trinajstić information content (AvgIpc) is 2.90. The van der Waals surface area contributed by atoms with Gasteiger partial charge in [-0.3, -0.25) is 9.59 Å². The number of furan rings is 1. The van der Waals surface area contributed by atoms with Gasteiger partial charge in [-0.1, -0.05) is 19.3 Å². The summed E-state index contributed by atoms with van der Waals surface area (Å²) in [5.74, 6) is 0.231. The van der Waals surface area contributed by atoms with E-state index in [2.05, 4.69) is 26.6 Å². The molecule has 0 spiro atoms. The van der Waals surface area contributed by atoms with Gasteiger partial charge in [-0.15, -0.1) is 0 Å². The summed E-state index contributed by atoms with van der Waals surface area (Å²) < 4.78 is 5.68. The lowest BCUT2D eigenvalue weighted by Crippen LogP contribution is -2.38. The molecule has 0 saturated heterocycles. The van der Waals surface area contributed by atoms with Gasteiger partial charge >= 0.3 is 0 Å². The van der Waals surface area contributed by atoms with Gasteiger partial charge in [0.1, 0.15) is 0 Å². The highest BCUT2D eigenvalue weighted by Crippen LogP contribution is 2.23. The zero-order valence-electron chi connectivity index (χ0n) is 11.3. The Morgan fingerprint density at radius 1 is 1.20 bits per heavy atom. The van der Waals surface area contributed by atoms with Crippen molar-refractivity contribution >= 4 is 27.7 Å². The number of hydrogen-bond acceptors (Lipinski definition) is 3. The van der Waals surface area contributed by atoms with E-state index in [0.29, 0.717) is 17.6 Å². The van der Waals surface area contributed by atoms with Crippen LogP contribution in [0, 0.1) is 5.92 Å². The first-order chi connectivity index (χ1) is 9.68. The Balaban J connectivity index is 1.65. The molecule has 5 nitrogen and oxygen atoms in total. The molecule has 2 amide bonds. The van der Waals surface area contributed by atoms with Crippen LogP contribution in [0.25, 0.3) is 0 Å². The molecule has 1 heterocycles. The van der Waals surface area contributed by atoms with Crippen LogP contribution in [0.3, 0.4) is 0 Å². The van der Waals surface area contributed by atoms with E-state index in [0.717, 1.165) is 25.7 Å². The van der Waals surface area contributed by atoms with Crippen LogP contribution in [-0.2, 0) is 4.79 Å². The number of carbonyl (C=O) groups excluding carboxylic acids is 2. The third-order valence-electron chi connectivity index (χ3n) is 3.51. The number of hydrogen-bond donors (Lipinski definition) is 2. The summed E-state index contributed by atoms with van der Waals surface area (Å²) in [6.07, 6.45) is 6.93. The van der Waals surface area contributed by atoms with Crippen molar-refractivity contribution < 1.29 is 14.0 Å². The normalized spacial score (nSPS) is 15.8. The van der Waals surface area contributed by atoms with E-state index < -0.39 is 0 Å². The maximum Gasteiger partial charge on any atom is 0.288 e. The van der Waals surface area contributed by atoms with Crippen LogP contribution in [0.15, 0.2) is 21.2 Å². The molecule has 2 rings (SSSR count). The largest absolute Gasteiger partial charge is 0.458 e. The lowest BCUT2D eigenvalue weighted by atomic mass is 9.89. The lowest BCUT2D eigenvalue weighted by molar-refractivity contribution is -0.125. The third-order valence-corrected chi connectivity index (χ3v) is 4.13. The Morgan fingerprint density at radius 3 is 2.55 bits per heavy atom. The number of carbonyl (C=O) groups is 2. The molecule has 1 saturated carbocycles. The monoisotopic (exact) mass is 342 g/mol. The first kappa shape index (κ1) is 15.1. The molecule has 0 unspecified atom stereocenters. The molecule has 0 bridgehead atoms. The van der Waals surface area contributed by atoms with Gasteiger partial charge in [0.25, 0.3) is 5.91 Å². The molecule has 2 N–H and O–H groups in total. The quantitative estimate of drug-likeness (QED) is 0.807. The molecule has 20 heavy (non-hydrogen) atoms. The van der Waals surface area contributed by atoms with Crippen LogP contribution < -0.4 is 10.6 Å². The lowest BCUT2D eigenvalue weighted by Gasteiger charge is -2.20. The fourth-order valence-electron chi connectivity index (χ4n) is 2.41. The summed E-state index contributed by atoms with van der Waals surface area (Å²) in [7, 11) is 0. The standard InChI is InChI=1S/C14H19BrN2O3/c15-11-6-9-20-12(11)14(19)17-8-7-16-13(18)10-4-2-1-3-5-10/h6,9-10H,1-5,7-8H2,(H,16,18)(H,17,19). The van der Waals surface area contributed by atoms with Crippen LogP contribution in [0.1, 0.15) is 42.7 Å². The SMILES string of the molecule is O=C(NCCNC(=O)C1CCCCC1)c1occc1Br. The number of halogens is 1. The molecule has 1 aliphatic rings. The Kier molecular flexibility index (Phi) is 5.64. The Bertz CT molecular complexity index is 467. The summed E-state index contributed by atoms with van der Waals surface area (Å²) in [6, 6.07) is 1.67. The number of amides is 2. The minimum Gasteiger partial charge on any atom is -0.458 e. The Hall–Kier alpha value is -1.30. The smallest absolute Gasteiger partial charge is 0.288 e. The molecule has 1 aromatic heterocycles.